The second-order valence-electron chi connectivity index (χ2n) is 4.16. The summed E-state index contributed by atoms with van der Waals surface area (Å²) in [7, 11) is 0. The van der Waals surface area contributed by atoms with E-state index in [1.807, 2.05) is 18.2 Å². The summed E-state index contributed by atoms with van der Waals surface area (Å²) in [4.78, 5) is 0. The summed E-state index contributed by atoms with van der Waals surface area (Å²) in [5, 5.41) is 3.53. The Morgan fingerprint density at radius 3 is 2.79 bits per heavy atom. The molecule has 0 saturated carbocycles. The third-order valence-electron chi connectivity index (χ3n) is 2.87. The quantitative estimate of drug-likeness (QED) is 0.926. The van der Waals surface area contributed by atoms with Crippen molar-refractivity contribution in [1.29, 1.82) is 0 Å². The van der Waals surface area contributed by atoms with Crippen molar-refractivity contribution in [2.24, 2.45) is 0 Å². The Kier molecular flexibility index (Phi) is 3.17. The van der Waals surface area contributed by atoms with Gasteiger partial charge >= 0.3 is 0 Å². The molecule has 19 heavy (non-hydrogen) atoms. The average Bonchev–Trinajstić information content (AvgIpc) is 2.85. The molecule has 1 N–H and O–H groups in total. The van der Waals surface area contributed by atoms with E-state index in [0.29, 0.717) is 22.9 Å². The summed E-state index contributed by atoms with van der Waals surface area (Å²) in [5.41, 5.74) is 1.40. The molecule has 5 heteroatoms. The predicted octanol–water partition coefficient (Wildman–Crippen LogP) is 3.82. The molecule has 1 heterocycles. The lowest BCUT2D eigenvalue weighted by Crippen LogP contribution is -2.01. The third kappa shape index (κ3) is 2.58. The van der Waals surface area contributed by atoms with Gasteiger partial charge in [0, 0.05) is 28.9 Å². The molecule has 0 atom stereocenters. The topological polar surface area (TPSA) is 30.5 Å². The number of hydrogen-bond donors (Lipinski definition) is 1. The first-order chi connectivity index (χ1) is 9.22. The number of ether oxygens (including phenoxy) is 2. The zero-order valence-electron chi connectivity index (χ0n) is 9.95. The maximum atomic E-state index is 13.6. The number of rotatable bonds is 3. The third-order valence-corrected chi connectivity index (χ3v) is 3.11. The molecule has 2 aromatic rings. The zero-order chi connectivity index (χ0) is 13.2. The van der Waals surface area contributed by atoms with Crippen molar-refractivity contribution in [3.05, 3.63) is 52.8 Å². The fourth-order valence-corrected chi connectivity index (χ4v) is 2.03. The molecule has 3 rings (SSSR count). The molecule has 0 radical (unpaired) electrons. The van der Waals surface area contributed by atoms with Crippen LogP contribution >= 0.6 is 11.6 Å². The van der Waals surface area contributed by atoms with Crippen LogP contribution in [0, 0.1) is 5.82 Å². The van der Waals surface area contributed by atoms with E-state index in [1.165, 1.54) is 6.07 Å². The molecule has 1 aliphatic rings. The highest BCUT2D eigenvalue weighted by atomic mass is 35.5. The van der Waals surface area contributed by atoms with E-state index >= 15 is 0 Å². The largest absolute Gasteiger partial charge is 0.454 e. The van der Waals surface area contributed by atoms with Gasteiger partial charge in [-0.15, -0.1) is 0 Å². The summed E-state index contributed by atoms with van der Waals surface area (Å²) in [6, 6.07) is 10.2. The Hall–Kier alpha value is -1.94. The Morgan fingerprint density at radius 2 is 1.95 bits per heavy atom. The van der Waals surface area contributed by atoms with Crippen molar-refractivity contribution in [2.75, 3.05) is 12.1 Å². The standard InChI is InChI=1S/C14H11ClFNO2/c15-10-2-1-9(12(16)5-10)7-17-11-3-4-13-14(6-11)19-8-18-13/h1-6,17H,7-8H2. The molecule has 0 saturated heterocycles. The van der Waals surface area contributed by atoms with E-state index in [1.54, 1.807) is 12.1 Å². The van der Waals surface area contributed by atoms with Gasteiger partial charge in [0.1, 0.15) is 5.82 Å². The minimum absolute atomic E-state index is 0.241. The van der Waals surface area contributed by atoms with Crippen molar-refractivity contribution in [3.63, 3.8) is 0 Å². The van der Waals surface area contributed by atoms with Crippen LogP contribution in [-0.4, -0.2) is 6.79 Å². The van der Waals surface area contributed by atoms with Crippen molar-refractivity contribution < 1.29 is 13.9 Å². The molecule has 0 unspecified atom stereocenters. The fraction of sp³-hybridized carbons (Fsp3) is 0.143. The highest BCUT2D eigenvalue weighted by Gasteiger charge is 2.13. The van der Waals surface area contributed by atoms with Gasteiger partial charge in [0.25, 0.3) is 0 Å². The Morgan fingerprint density at radius 1 is 1.11 bits per heavy atom. The van der Waals surface area contributed by atoms with Gasteiger partial charge in [-0.1, -0.05) is 17.7 Å². The lowest BCUT2D eigenvalue weighted by molar-refractivity contribution is 0.174. The molecule has 0 amide bonds. The lowest BCUT2D eigenvalue weighted by Gasteiger charge is -2.08. The van der Waals surface area contributed by atoms with E-state index in [-0.39, 0.29) is 12.6 Å². The van der Waals surface area contributed by atoms with E-state index in [2.05, 4.69) is 5.32 Å². The van der Waals surface area contributed by atoms with Crippen molar-refractivity contribution in [3.8, 4) is 11.5 Å². The van der Waals surface area contributed by atoms with Gasteiger partial charge in [-0.2, -0.15) is 0 Å². The summed E-state index contributed by atoms with van der Waals surface area (Å²) in [6.45, 7) is 0.618. The van der Waals surface area contributed by atoms with Gasteiger partial charge in [0.15, 0.2) is 11.5 Å². The Bertz CT molecular complexity index is 618. The molecule has 0 aromatic heterocycles. The van der Waals surface area contributed by atoms with Gasteiger partial charge in [-0.25, -0.2) is 4.39 Å². The number of nitrogens with one attached hydrogen (secondary N) is 1. The van der Waals surface area contributed by atoms with Gasteiger partial charge < -0.3 is 14.8 Å². The molecule has 0 fully saturated rings. The maximum absolute atomic E-state index is 13.6. The highest BCUT2D eigenvalue weighted by molar-refractivity contribution is 6.30. The first-order valence-corrected chi connectivity index (χ1v) is 6.17. The Balaban J connectivity index is 1.72. The number of halogens is 2. The number of benzene rings is 2. The van der Waals surface area contributed by atoms with Crippen molar-refractivity contribution >= 4 is 17.3 Å². The zero-order valence-corrected chi connectivity index (χ0v) is 10.7. The first-order valence-electron chi connectivity index (χ1n) is 5.80. The monoisotopic (exact) mass is 279 g/mol. The van der Waals surface area contributed by atoms with Crippen LogP contribution in [0.1, 0.15) is 5.56 Å². The first kappa shape index (κ1) is 12.1. The molecule has 3 nitrogen and oxygen atoms in total. The normalized spacial score (nSPS) is 12.5. The van der Waals surface area contributed by atoms with Crippen LogP contribution < -0.4 is 14.8 Å². The predicted molar refractivity (Wildman–Crippen MR) is 71.3 cm³/mol. The molecule has 2 aromatic carbocycles. The van der Waals surface area contributed by atoms with Crippen LogP contribution in [0.3, 0.4) is 0 Å². The summed E-state index contributed by atoms with van der Waals surface area (Å²) in [5.74, 6) is 1.10. The SMILES string of the molecule is Fc1cc(Cl)ccc1CNc1ccc2c(c1)OCO2. The van der Waals surface area contributed by atoms with E-state index < -0.39 is 0 Å². The van der Waals surface area contributed by atoms with Gasteiger partial charge in [0.2, 0.25) is 6.79 Å². The average molecular weight is 280 g/mol. The van der Waals surface area contributed by atoms with Gasteiger partial charge in [-0.05, 0) is 24.3 Å². The summed E-state index contributed by atoms with van der Waals surface area (Å²) < 4.78 is 24.1. The highest BCUT2D eigenvalue weighted by Crippen LogP contribution is 2.34. The molecule has 0 spiro atoms. The van der Waals surface area contributed by atoms with Crippen LogP contribution in [0.25, 0.3) is 0 Å². The van der Waals surface area contributed by atoms with Gasteiger partial charge in [-0.3, -0.25) is 0 Å². The van der Waals surface area contributed by atoms with E-state index in [9.17, 15) is 4.39 Å². The number of hydrogen-bond acceptors (Lipinski definition) is 3. The second-order valence-corrected chi connectivity index (χ2v) is 4.59. The number of fused-ring (bicyclic) bond motifs is 1. The van der Waals surface area contributed by atoms with E-state index in [4.69, 9.17) is 21.1 Å². The second kappa shape index (κ2) is 4.97. The molecule has 98 valence electrons. The smallest absolute Gasteiger partial charge is 0.231 e. The summed E-state index contributed by atoms with van der Waals surface area (Å²) >= 11 is 5.71. The summed E-state index contributed by atoms with van der Waals surface area (Å²) in [6.07, 6.45) is 0. The lowest BCUT2D eigenvalue weighted by atomic mass is 10.2. The van der Waals surface area contributed by atoms with Crippen LogP contribution in [0.5, 0.6) is 11.5 Å². The van der Waals surface area contributed by atoms with Gasteiger partial charge in [0.05, 0.1) is 0 Å². The Labute approximate surface area is 114 Å². The molecule has 0 aliphatic carbocycles. The van der Waals surface area contributed by atoms with Crippen LogP contribution in [0.4, 0.5) is 10.1 Å². The molecular weight excluding hydrogens is 269 g/mol. The van der Waals surface area contributed by atoms with Crippen molar-refractivity contribution in [1.82, 2.24) is 0 Å². The fourth-order valence-electron chi connectivity index (χ4n) is 1.87. The maximum Gasteiger partial charge on any atom is 0.231 e. The molecule has 1 aliphatic heterocycles. The number of anilines is 1. The van der Waals surface area contributed by atoms with Crippen molar-refractivity contribution in [2.45, 2.75) is 6.54 Å². The van der Waals surface area contributed by atoms with Crippen LogP contribution in [0.15, 0.2) is 36.4 Å². The minimum Gasteiger partial charge on any atom is -0.454 e. The molecule has 0 bridgehead atoms. The molecular formula is C14H11ClFNO2. The van der Waals surface area contributed by atoms with E-state index in [0.717, 1.165) is 11.4 Å². The van der Waals surface area contributed by atoms with Crippen LogP contribution in [0.2, 0.25) is 5.02 Å². The minimum atomic E-state index is -0.319. The van der Waals surface area contributed by atoms with Crippen LogP contribution in [-0.2, 0) is 6.54 Å².